The molecule has 0 radical (unpaired) electrons. The summed E-state index contributed by atoms with van der Waals surface area (Å²) in [4.78, 5) is 24.2. The van der Waals surface area contributed by atoms with Crippen molar-refractivity contribution in [3.8, 4) is 0 Å². The van der Waals surface area contributed by atoms with E-state index in [1.165, 1.54) is 0 Å². The number of hydrogen-bond donors (Lipinski definition) is 2. The Kier molecular flexibility index (Phi) is 6.53. The molecular formula is C16H19BrN2O3S. The normalized spacial score (nSPS) is 17.5. The molecule has 0 spiro atoms. The first-order chi connectivity index (χ1) is 11.0. The van der Waals surface area contributed by atoms with Crippen molar-refractivity contribution in [2.75, 3.05) is 18.1 Å². The summed E-state index contributed by atoms with van der Waals surface area (Å²) in [6.45, 7) is 4.13. The summed E-state index contributed by atoms with van der Waals surface area (Å²) in [7, 11) is 0. The van der Waals surface area contributed by atoms with E-state index in [0.29, 0.717) is 17.9 Å². The van der Waals surface area contributed by atoms with E-state index in [1.54, 1.807) is 18.7 Å². The Labute approximate surface area is 148 Å². The fraction of sp³-hybridized carbons (Fsp3) is 0.375. The molecule has 1 unspecified atom stereocenters. The highest BCUT2D eigenvalue weighted by molar-refractivity contribution is 9.10. The molecule has 2 amide bonds. The molecule has 1 heterocycles. The lowest BCUT2D eigenvalue weighted by molar-refractivity contribution is -0.138. The van der Waals surface area contributed by atoms with Crippen LogP contribution in [0.4, 0.5) is 4.79 Å². The third kappa shape index (κ3) is 4.75. The van der Waals surface area contributed by atoms with Crippen LogP contribution < -0.4 is 10.6 Å². The molecule has 0 saturated heterocycles. The fourth-order valence-electron chi connectivity index (χ4n) is 2.29. The number of benzene rings is 1. The minimum absolute atomic E-state index is 0.325. The SMILES string of the molecule is CCSCCOC(=O)C1=C(C)NC(=O)NC1c1ccc(Br)cc1. The summed E-state index contributed by atoms with van der Waals surface area (Å²) >= 11 is 5.09. The summed E-state index contributed by atoms with van der Waals surface area (Å²) in [6, 6.07) is 6.65. The molecule has 1 atom stereocenters. The van der Waals surface area contributed by atoms with E-state index in [0.717, 1.165) is 21.5 Å². The molecule has 1 aliphatic heterocycles. The highest BCUT2D eigenvalue weighted by Gasteiger charge is 2.32. The maximum Gasteiger partial charge on any atom is 0.338 e. The molecular weight excluding hydrogens is 380 g/mol. The van der Waals surface area contributed by atoms with Gasteiger partial charge in [0.05, 0.1) is 11.6 Å². The number of rotatable bonds is 6. The standard InChI is InChI=1S/C16H19BrN2O3S/c1-3-23-9-8-22-15(20)13-10(2)18-16(21)19-14(13)11-4-6-12(17)7-5-11/h4-7,14H,3,8-9H2,1-2H3,(H2,18,19,21). The number of amides is 2. The second-order valence-corrected chi connectivity index (χ2v) is 7.26. The maximum atomic E-state index is 12.4. The Bertz CT molecular complexity index is 616. The third-order valence-electron chi connectivity index (χ3n) is 3.36. The number of carbonyl (C=O) groups is 2. The van der Waals surface area contributed by atoms with Gasteiger partial charge in [0.1, 0.15) is 6.61 Å². The van der Waals surface area contributed by atoms with E-state index in [2.05, 4.69) is 33.5 Å². The van der Waals surface area contributed by atoms with Crippen molar-refractivity contribution in [1.82, 2.24) is 10.6 Å². The lowest BCUT2D eigenvalue weighted by atomic mass is 9.96. The molecule has 0 bridgehead atoms. The Morgan fingerprint density at radius 3 is 2.70 bits per heavy atom. The van der Waals surface area contributed by atoms with Gasteiger partial charge in [0.2, 0.25) is 0 Å². The lowest BCUT2D eigenvalue weighted by Gasteiger charge is -2.28. The van der Waals surface area contributed by atoms with Crippen LogP contribution in [0, 0.1) is 0 Å². The van der Waals surface area contributed by atoms with Crippen LogP contribution in [-0.2, 0) is 9.53 Å². The highest BCUT2D eigenvalue weighted by atomic mass is 79.9. The monoisotopic (exact) mass is 398 g/mol. The molecule has 7 heteroatoms. The average molecular weight is 399 g/mol. The van der Waals surface area contributed by atoms with E-state index >= 15 is 0 Å². The molecule has 0 aliphatic carbocycles. The van der Waals surface area contributed by atoms with E-state index < -0.39 is 12.0 Å². The smallest absolute Gasteiger partial charge is 0.338 e. The van der Waals surface area contributed by atoms with Crippen molar-refractivity contribution in [3.63, 3.8) is 0 Å². The number of hydrogen-bond acceptors (Lipinski definition) is 4. The molecule has 2 N–H and O–H groups in total. The number of esters is 1. The predicted octanol–water partition coefficient (Wildman–Crippen LogP) is 3.37. The average Bonchev–Trinajstić information content (AvgIpc) is 2.51. The zero-order valence-corrected chi connectivity index (χ0v) is 15.4. The maximum absolute atomic E-state index is 12.4. The van der Waals surface area contributed by atoms with Gasteiger partial charge in [-0.3, -0.25) is 0 Å². The largest absolute Gasteiger partial charge is 0.461 e. The fourth-order valence-corrected chi connectivity index (χ4v) is 3.04. The summed E-state index contributed by atoms with van der Waals surface area (Å²) in [6.07, 6.45) is 0. The topological polar surface area (TPSA) is 67.4 Å². The second kappa shape index (κ2) is 8.40. The van der Waals surface area contributed by atoms with Crippen LogP contribution in [0.2, 0.25) is 0 Å². The summed E-state index contributed by atoms with van der Waals surface area (Å²) in [5.74, 6) is 1.34. The Balaban J connectivity index is 2.20. The molecule has 1 aromatic rings. The van der Waals surface area contributed by atoms with Gasteiger partial charge in [0.25, 0.3) is 0 Å². The predicted molar refractivity (Wildman–Crippen MR) is 95.2 cm³/mol. The molecule has 124 valence electrons. The molecule has 0 saturated carbocycles. The van der Waals surface area contributed by atoms with E-state index in [-0.39, 0.29) is 6.03 Å². The zero-order valence-electron chi connectivity index (χ0n) is 13.0. The van der Waals surface area contributed by atoms with Gasteiger partial charge in [-0.25, -0.2) is 9.59 Å². The first-order valence-electron chi connectivity index (χ1n) is 7.31. The van der Waals surface area contributed by atoms with Crippen molar-refractivity contribution < 1.29 is 14.3 Å². The van der Waals surface area contributed by atoms with Gasteiger partial charge in [-0.15, -0.1) is 0 Å². The quantitative estimate of drug-likeness (QED) is 0.569. The van der Waals surface area contributed by atoms with Gasteiger partial charge in [0, 0.05) is 15.9 Å². The van der Waals surface area contributed by atoms with Crippen molar-refractivity contribution in [3.05, 3.63) is 45.6 Å². The van der Waals surface area contributed by atoms with Crippen LogP contribution in [0.25, 0.3) is 0 Å². The van der Waals surface area contributed by atoms with Crippen LogP contribution in [0.1, 0.15) is 25.5 Å². The van der Waals surface area contributed by atoms with E-state index in [4.69, 9.17) is 4.74 Å². The number of nitrogens with one attached hydrogen (secondary N) is 2. The van der Waals surface area contributed by atoms with Crippen molar-refractivity contribution in [1.29, 1.82) is 0 Å². The number of carbonyl (C=O) groups excluding carboxylic acids is 2. The van der Waals surface area contributed by atoms with Crippen molar-refractivity contribution >= 4 is 39.7 Å². The van der Waals surface area contributed by atoms with Crippen molar-refractivity contribution in [2.45, 2.75) is 19.9 Å². The molecule has 23 heavy (non-hydrogen) atoms. The summed E-state index contributed by atoms with van der Waals surface area (Å²) in [5, 5.41) is 5.42. The van der Waals surface area contributed by atoms with Gasteiger partial charge in [-0.2, -0.15) is 11.8 Å². The first kappa shape index (κ1) is 17.9. The van der Waals surface area contributed by atoms with Gasteiger partial charge >= 0.3 is 12.0 Å². The highest BCUT2D eigenvalue weighted by Crippen LogP contribution is 2.28. The zero-order chi connectivity index (χ0) is 16.8. The summed E-state index contributed by atoms with van der Waals surface area (Å²) < 4.78 is 6.28. The van der Waals surface area contributed by atoms with Crippen LogP contribution >= 0.6 is 27.7 Å². The third-order valence-corrected chi connectivity index (χ3v) is 4.75. The minimum Gasteiger partial charge on any atom is -0.461 e. The van der Waals surface area contributed by atoms with Gasteiger partial charge in [-0.05, 0) is 30.4 Å². The number of allylic oxidation sites excluding steroid dienone is 1. The number of thioether (sulfide) groups is 1. The molecule has 5 nitrogen and oxygen atoms in total. The van der Waals surface area contributed by atoms with Crippen LogP contribution in [0.5, 0.6) is 0 Å². The molecule has 1 aromatic carbocycles. The van der Waals surface area contributed by atoms with Gasteiger partial charge < -0.3 is 15.4 Å². The van der Waals surface area contributed by atoms with E-state index in [9.17, 15) is 9.59 Å². The number of urea groups is 1. The van der Waals surface area contributed by atoms with Crippen molar-refractivity contribution in [2.24, 2.45) is 0 Å². The van der Waals surface area contributed by atoms with E-state index in [1.807, 2.05) is 24.3 Å². The lowest BCUT2D eigenvalue weighted by Crippen LogP contribution is -2.45. The first-order valence-corrected chi connectivity index (χ1v) is 9.26. The van der Waals surface area contributed by atoms with Crippen LogP contribution in [0.15, 0.2) is 40.0 Å². The molecule has 0 aromatic heterocycles. The van der Waals surface area contributed by atoms with Crippen LogP contribution in [0.3, 0.4) is 0 Å². The number of ether oxygens (including phenoxy) is 1. The molecule has 1 aliphatic rings. The Hall–Kier alpha value is -1.47. The number of halogens is 1. The summed E-state index contributed by atoms with van der Waals surface area (Å²) in [5.41, 5.74) is 1.79. The minimum atomic E-state index is -0.511. The Morgan fingerprint density at radius 2 is 2.04 bits per heavy atom. The molecule has 0 fully saturated rings. The Morgan fingerprint density at radius 1 is 1.35 bits per heavy atom. The van der Waals surface area contributed by atoms with Crippen LogP contribution in [-0.4, -0.2) is 30.1 Å². The van der Waals surface area contributed by atoms with Gasteiger partial charge in [0.15, 0.2) is 0 Å². The molecule has 2 rings (SSSR count). The van der Waals surface area contributed by atoms with Gasteiger partial charge in [-0.1, -0.05) is 35.0 Å². The second-order valence-electron chi connectivity index (χ2n) is 4.95.